The van der Waals surface area contributed by atoms with Crippen LogP contribution in [0.25, 0.3) is 0 Å². The molecule has 2 aliphatic rings. The number of carbonyl (C=O) groups excluding carboxylic acids is 1. The lowest BCUT2D eigenvalue weighted by atomic mass is 9.87. The van der Waals surface area contributed by atoms with Crippen LogP contribution in [0.15, 0.2) is 48.5 Å². The fourth-order valence-corrected chi connectivity index (χ4v) is 6.16. The van der Waals surface area contributed by atoms with Crippen molar-refractivity contribution >= 4 is 33.0 Å². The van der Waals surface area contributed by atoms with E-state index >= 15 is 0 Å². The van der Waals surface area contributed by atoms with Gasteiger partial charge in [0.05, 0.1) is 17.1 Å². The van der Waals surface area contributed by atoms with Crippen molar-refractivity contribution in [1.82, 2.24) is 0 Å². The molecule has 1 aliphatic carbocycles. The van der Waals surface area contributed by atoms with Gasteiger partial charge in [0.1, 0.15) is 0 Å². The fourth-order valence-electron chi connectivity index (χ4n) is 4.21. The Hall–Kier alpha value is -2.34. The van der Waals surface area contributed by atoms with Gasteiger partial charge >= 0.3 is 0 Å². The van der Waals surface area contributed by atoms with Crippen LogP contribution in [-0.4, -0.2) is 26.6 Å². The molecular weight excluding hydrogens is 384 g/mol. The number of para-hydroxylation sites is 1. The first-order valence-corrected chi connectivity index (χ1v) is 12.1. The highest BCUT2D eigenvalue weighted by Crippen LogP contribution is 2.37. The van der Waals surface area contributed by atoms with Crippen molar-refractivity contribution < 1.29 is 13.2 Å². The number of benzene rings is 2. The van der Waals surface area contributed by atoms with Gasteiger partial charge < -0.3 is 4.90 Å². The molecule has 1 amide bonds. The van der Waals surface area contributed by atoms with Gasteiger partial charge in [0.15, 0.2) is 0 Å². The summed E-state index contributed by atoms with van der Waals surface area (Å²) in [6.45, 7) is 2.74. The highest BCUT2D eigenvalue weighted by molar-refractivity contribution is 7.93. The second kappa shape index (κ2) is 8.19. The number of aryl methyl sites for hydroxylation is 1. The van der Waals surface area contributed by atoms with Crippen LogP contribution in [0.4, 0.5) is 17.1 Å². The minimum atomic E-state index is -3.50. The molecule has 1 aliphatic heterocycles. The van der Waals surface area contributed by atoms with Crippen molar-refractivity contribution in [3.8, 4) is 0 Å². The maximum atomic E-state index is 13.4. The van der Waals surface area contributed by atoms with Crippen LogP contribution in [0.5, 0.6) is 0 Å². The molecule has 2 aromatic rings. The summed E-state index contributed by atoms with van der Waals surface area (Å²) < 4.78 is 28.3. The average Bonchev–Trinajstić information content (AvgIpc) is 2.68. The highest BCUT2D eigenvalue weighted by atomic mass is 32.2. The molecule has 1 saturated carbocycles. The van der Waals surface area contributed by atoms with Crippen molar-refractivity contribution in [2.24, 2.45) is 5.92 Å². The van der Waals surface area contributed by atoms with Crippen molar-refractivity contribution in [2.75, 3.05) is 21.5 Å². The number of amides is 1. The standard InChI is InChI=1S/C23H28N2O3S/c1-2-15-24-22-13-12-21(16-19(22)11-14-23(24)26)25(20-9-4-3-5-10-20)29(27,28)17-18-7-6-8-18/h3-5,9-10,12-13,16,18H,2,6-8,11,14-15,17H2,1H3. The van der Waals surface area contributed by atoms with Crippen LogP contribution >= 0.6 is 0 Å². The largest absolute Gasteiger partial charge is 0.312 e. The van der Waals surface area contributed by atoms with E-state index in [9.17, 15) is 13.2 Å². The van der Waals surface area contributed by atoms with Gasteiger partial charge in [-0.15, -0.1) is 0 Å². The molecule has 0 unspecified atom stereocenters. The summed E-state index contributed by atoms with van der Waals surface area (Å²) >= 11 is 0. The summed E-state index contributed by atoms with van der Waals surface area (Å²) in [5, 5.41) is 0. The summed E-state index contributed by atoms with van der Waals surface area (Å²) in [6, 6.07) is 15.0. The van der Waals surface area contributed by atoms with Crippen molar-refractivity contribution in [1.29, 1.82) is 0 Å². The molecular formula is C23H28N2O3S. The van der Waals surface area contributed by atoms with Crippen LogP contribution in [-0.2, 0) is 21.2 Å². The van der Waals surface area contributed by atoms with E-state index in [0.29, 0.717) is 30.8 Å². The summed E-state index contributed by atoms with van der Waals surface area (Å²) in [5.74, 6) is 0.575. The zero-order valence-corrected chi connectivity index (χ0v) is 17.7. The Bertz CT molecular complexity index is 984. The Morgan fingerprint density at radius 3 is 2.45 bits per heavy atom. The molecule has 1 fully saturated rings. The van der Waals surface area contributed by atoms with Gasteiger partial charge in [0.25, 0.3) is 0 Å². The van der Waals surface area contributed by atoms with Crippen LogP contribution in [0, 0.1) is 5.92 Å². The molecule has 0 saturated heterocycles. The number of anilines is 3. The summed E-state index contributed by atoms with van der Waals surface area (Å²) in [7, 11) is -3.50. The number of carbonyl (C=O) groups is 1. The summed E-state index contributed by atoms with van der Waals surface area (Å²) in [5.41, 5.74) is 3.26. The number of rotatable bonds is 7. The Morgan fingerprint density at radius 2 is 1.79 bits per heavy atom. The molecule has 29 heavy (non-hydrogen) atoms. The topological polar surface area (TPSA) is 57.7 Å². The van der Waals surface area contributed by atoms with Gasteiger partial charge in [-0.2, -0.15) is 0 Å². The third kappa shape index (κ3) is 4.04. The Morgan fingerprint density at radius 1 is 1.03 bits per heavy atom. The van der Waals surface area contributed by atoms with E-state index in [1.54, 1.807) is 0 Å². The highest BCUT2D eigenvalue weighted by Gasteiger charge is 2.32. The second-order valence-electron chi connectivity index (χ2n) is 8.03. The van der Waals surface area contributed by atoms with Crippen molar-refractivity contribution in [3.05, 3.63) is 54.1 Å². The fraction of sp³-hybridized carbons (Fsp3) is 0.435. The van der Waals surface area contributed by atoms with Crippen LogP contribution in [0.1, 0.15) is 44.6 Å². The first-order chi connectivity index (χ1) is 14.0. The molecule has 0 N–H and O–H groups in total. The molecule has 0 bridgehead atoms. The van der Waals surface area contributed by atoms with Gasteiger partial charge in [0.2, 0.25) is 15.9 Å². The van der Waals surface area contributed by atoms with Gasteiger partial charge in [-0.25, -0.2) is 12.7 Å². The molecule has 0 aromatic heterocycles. The maximum absolute atomic E-state index is 13.4. The third-order valence-electron chi connectivity index (χ3n) is 5.88. The quantitative estimate of drug-likeness (QED) is 0.665. The lowest BCUT2D eigenvalue weighted by Gasteiger charge is -2.33. The zero-order valence-electron chi connectivity index (χ0n) is 16.9. The zero-order chi connectivity index (χ0) is 20.4. The summed E-state index contributed by atoms with van der Waals surface area (Å²) in [4.78, 5) is 14.2. The Balaban J connectivity index is 1.74. The number of fused-ring (bicyclic) bond motifs is 1. The average molecular weight is 413 g/mol. The normalized spacial score (nSPS) is 17.0. The van der Waals surface area contributed by atoms with Gasteiger partial charge in [0, 0.05) is 18.7 Å². The van der Waals surface area contributed by atoms with E-state index in [4.69, 9.17) is 0 Å². The molecule has 2 aromatic carbocycles. The van der Waals surface area contributed by atoms with Crippen molar-refractivity contribution in [2.45, 2.75) is 45.4 Å². The third-order valence-corrected chi connectivity index (χ3v) is 7.76. The van der Waals surface area contributed by atoms with Gasteiger partial charge in [-0.1, -0.05) is 31.5 Å². The van der Waals surface area contributed by atoms with E-state index in [1.165, 1.54) is 4.31 Å². The van der Waals surface area contributed by atoms with E-state index in [0.717, 1.165) is 36.9 Å². The van der Waals surface area contributed by atoms with Crippen molar-refractivity contribution in [3.63, 3.8) is 0 Å². The first-order valence-electron chi connectivity index (χ1n) is 10.5. The summed E-state index contributed by atoms with van der Waals surface area (Å²) in [6.07, 6.45) is 5.09. The van der Waals surface area contributed by atoms with E-state index in [2.05, 4.69) is 6.92 Å². The SMILES string of the molecule is CCCN1C(=O)CCc2cc(N(c3ccccc3)S(=O)(=O)CC3CCC3)ccc21. The predicted molar refractivity (Wildman–Crippen MR) is 117 cm³/mol. The second-order valence-corrected chi connectivity index (χ2v) is 9.90. The Kier molecular flexibility index (Phi) is 5.63. The molecule has 0 spiro atoms. The maximum Gasteiger partial charge on any atom is 0.239 e. The van der Waals surface area contributed by atoms with Crippen LogP contribution < -0.4 is 9.21 Å². The lowest BCUT2D eigenvalue weighted by molar-refractivity contribution is -0.118. The molecule has 5 nitrogen and oxygen atoms in total. The van der Waals surface area contributed by atoms with Crippen LogP contribution in [0.3, 0.4) is 0 Å². The first kappa shape index (κ1) is 20.0. The van der Waals surface area contributed by atoms with E-state index in [1.807, 2.05) is 53.4 Å². The lowest BCUT2D eigenvalue weighted by Crippen LogP contribution is -2.36. The minimum absolute atomic E-state index is 0.143. The molecule has 154 valence electrons. The van der Waals surface area contributed by atoms with Crippen LogP contribution in [0.2, 0.25) is 0 Å². The predicted octanol–water partition coefficient (Wildman–Crippen LogP) is 4.64. The number of sulfonamides is 1. The van der Waals surface area contributed by atoms with E-state index in [-0.39, 0.29) is 17.6 Å². The van der Waals surface area contributed by atoms with Gasteiger partial charge in [-0.3, -0.25) is 4.79 Å². The minimum Gasteiger partial charge on any atom is -0.312 e. The van der Waals surface area contributed by atoms with Gasteiger partial charge in [-0.05, 0) is 67.5 Å². The molecule has 0 radical (unpaired) electrons. The molecule has 0 atom stereocenters. The molecule has 1 heterocycles. The Labute approximate surface area is 173 Å². The number of hydrogen-bond acceptors (Lipinski definition) is 3. The number of nitrogens with zero attached hydrogens (tertiary/aromatic N) is 2. The molecule has 4 rings (SSSR count). The monoisotopic (exact) mass is 412 g/mol. The number of hydrogen-bond donors (Lipinski definition) is 0. The molecule has 6 heteroatoms. The smallest absolute Gasteiger partial charge is 0.239 e. The van der Waals surface area contributed by atoms with E-state index < -0.39 is 10.0 Å².